The molecule has 9 heteroatoms. The van der Waals surface area contributed by atoms with Gasteiger partial charge in [-0.05, 0) is 20.0 Å². The van der Waals surface area contributed by atoms with E-state index in [1.807, 2.05) is 6.92 Å². The van der Waals surface area contributed by atoms with Gasteiger partial charge in [-0.15, -0.1) is 0 Å². The van der Waals surface area contributed by atoms with E-state index < -0.39 is 17.9 Å². The van der Waals surface area contributed by atoms with E-state index in [9.17, 15) is 14.4 Å². The van der Waals surface area contributed by atoms with Crippen molar-refractivity contribution in [1.82, 2.24) is 14.7 Å². The summed E-state index contributed by atoms with van der Waals surface area (Å²) >= 11 is 0. The highest BCUT2D eigenvalue weighted by molar-refractivity contribution is 5.69. The van der Waals surface area contributed by atoms with Crippen molar-refractivity contribution in [3.05, 3.63) is 0 Å². The Kier molecular flexibility index (Phi) is 10.9. The predicted molar refractivity (Wildman–Crippen MR) is 83.6 cm³/mol. The summed E-state index contributed by atoms with van der Waals surface area (Å²) in [5.41, 5.74) is 0. The molecule has 9 nitrogen and oxygen atoms in total. The van der Waals surface area contributed by atoms with E-state index in [0.717, 1.165) is 6.42 Å². The van der Waals surface area contributed by atoms with E-state index in [4.69, 9.17) is 15.3 Å². The summed E-state index contributed by atoms with van der Waals surface area (Å²) in [6.45, 7) is 3.94. The molecule has 0 atom stereocenters. The molecule has 0 aromatic heterocycles. The molecule has 0 rings (SSSR count). The van der Waals surface area contributed by atoms with Crippen LogP contribution in [-0.4, -0.2) is 107 Å². The highest BCUT2D eigenvalue weighted by Gasteiger charge is 2.15. The van der Waals surface area contributed by atoms with Gasteiger partial charge in [-0.1, -0.05) is 6.92 Å². The maximum atomic E-state index is 10.9. The minimum absolute atomic E-state index is 0.0757. The van der Waals surface area contributed by atoms with Gasteiger partial charge in [-0.2, -0.15) is 0 Å². The van der Waals surface area contributed by atoms with Gasteiger partial charge in [0.15, 0.2) is 0 Å². The van der Waals surface area contributed by atoms with Gasteiger partial charge in [0.1, 0.15) is 0 Å². The lowest BCUT2D eigenvalue weighted by Gasteiger charge is -2.26. The second-order valence-electron chi connectivity index (χ2n) is 5.47. The van der Waals surface area contributed by atoms with E-state index in [0.29, 0.717) is 32.7 Å². The lowest BCUT2D eigenvalue weighted by Crippen LogP contribution is -2.43. The summed E-state index contributed by atoms with van der Waals surface area (Å²) < 4.78 is 0. The third-order valence-corrected chi connectivity index (χ3v) is 3.19. The average Bonchev–Trinajstić information content (AvgIpc) is 2.40. The summed E-state index contributed by atoms with van der Waals surface area (Å²) in [4.78, 5) is 37.4. The molecule has 0 unspecified atom stereocenters. The molecule has 0 aromatic rings. The Labute approximate surface area is 136 Å². The Morgan fingerprint density at radius 1 is 0.696 bits per heavy atom. The molecule has 3 N–H and O–H groups in total. The summed E-state index contributed by atoms with van der Waals surface area (Å²) in [7, 11) is 1.65. The normalized spacial score (nSPS) is 11.3. The van der Waals surface area contributed by atoms with Crippen LogP contribution in [0.3, 0.4) is 0 Å². The number of carbonyl (C=O) groups is 3. The highest BCUT2D eigenvalue weighted by atomic mass is 16.4. The number of rotatable bonds is 14. The van der Waals surface area contributed by atoms with Gasteiger partial charge in [0.25, 0.3) is 0 Å². The van der Waals surface area contributed by atoms with Gasteiger partial charge in [-0.25, -0.2) is 0 Å². The first-order chi connectivity index (χ1) is 10.7. The van der Waals surface area contributed by atoms with E-state index in [-0.39, 0.29) is 19.6 Å². The molecule has 0 saturated carbocycles. The lowest BCUT2D eigenvalue weighted by atomic mass is 10.3. The van der Waals surface area contributed by atoms with Crippen molar-refractivity contribution in [3.8, 4) is 0 Å². The third kappa shape index (κ3) is 12.5. The number of carboxylic acid groups (broad SMARTS) is 3. The van der Waals surface area contributed by atoms with Crippen molar-refractivity contribution in [2.45, 2.75) is 13.3 Å². The van der Waals surface area contributed by atoms with Crippen LogP contribution in [0.2, 0.25) is 0 Å². The van der Waals surface area contributed by atoms with Crippen molar-refractivity contribution in [3.63, 3.8) is 0 Å². The number of hydrogen-bond acceptors (Lipinski definition) is 6. The Bertz CT molecular complexity index is 391. The van der Waals surface area contributed by atoms with Crippen molar-refractivity contribution in [1.29, 1.82) is 0 Å². The largest absolute Gasteiger partial charge is 0.480 e. The predicted octanol–water partition coefficient (Wildman–Crippen LogP) is -0.814. The van der Waals surface area contributed by atoms with Crippen LogP contribution in [0, 0.1) is 0 Å². The summed E-state index contributed by atoms with van der Waals surface area (Å²) in [6, 6.07) is 0. The highest BCUT2D eigenvalue weighted by Crippen LogP contribution is 1.96. The second-order valence-corrected chi connectivity index (χ2v) is 5.47. The van der Waals surface area contributed by atoms with E-state index in [1.165, 1.54) is 0 Å². The van der Waals surface area contributed by atoms with Crippen molar-refractivity contribution >= 4 is 17.9 Å². The maximum Gasteiger partial charge on any atom is 0.317 e. The Morgan fingerprint density at radius 3 is 1.48 bits per heavy atom. The zero-order valence-corrected chi connectivity index (χ0v) is 13.8. The van der Waals surface area contributed by atoms with Gasteiger partial charge < -0.3 is 15.3 Å². The van der Waals surface area contributed by atoms with Crippen LogP contribution >= 0.6 is 0 Å². The quantitative estimate of drug-likeness (QED) is 0.374. The Hall–Kier alpha value is -1.71. The van der Waals surface area contributed by atoms with Crippen LogP contribution in [0.15, 0.2) is 0 Å². The standard InChI is InChI=1S/C14H27N3O6/c1-3-4-16(10-13(20)21)7-8-17(11-14(22)23)6-5-15(2)9-12(18)19/h3-11H2,1-2H3,(H,18,19)(H,20,21)(H,22,23). The third-order valence-electron chi connectivity index (χ3n) is 3.19. The van der Waals surface area contributed by atoms with Crippen LogP contribution in [0.4, 0.5) is 0 Å². The number of nitrogens with zero attached hydrogens (tertiary/aromatic N) is 3. The second kappa shape index (κ2) is 11.8. The van der Waals surface area contributed by atoms with E-state index in [2.05, 4.69) is 0 Å². The molecule has 0 aliphatic rings. The molecule has 0 saturated heterocycles. The molecule has 0 bridgehead atoms. The zero-order valence-electron chi connectivity index (χ0n) is 13.8. The first-order valence-electron chi connectivity index (χ1n) is 7.53. The summed E-state index contributed by atoms with van der Waals surface area (Å²) in [5, 5.41) is 26.5. The van der Waals surface area contributed by atoms with Crippen molar-refractivity contribution in [2.75, 3.05) is 59.4 Å². The molecule has 0 amide bonds. The molecule has 0 aliphatic heterocycles. The lowest BCUT2D eigenvalue weighted by molar-refractivity contribution is -0.140. The summed E-state index contributed by atoms with van der Waals surface area (Å²) in [6.07, 6.45) is 0.813. The first-order valence-corrected chi connectivity index (χ1v) is 7.53. The van der Waals surface area contributed by atoms with Crippen LogP contribution in [-0.2, 0) is 14.4 Å². The minimum Gasteiger partial charge on any atom is -0.480 e. The van der Waals surface area contributed by atoms with Gasteiger partial charge in [-0.3, -0.25) is 29.1 Å². The van der Waals surface area contributed by atoms with Gasteiger partial charge in [0.05, 0.1) is 19.6 Å². The van der Waals surface area contributed by atoms with E-state index >= 15 is 0 Å². The molecule has 0 aliphatic carbocycles. The number of carboxylic acids is 3. The van der Waals surface area contributed by atoms with Gasteiger partial charge in [0.2, 0.25) is 0 Å². The van der Waals surface area contributed by atoms with E-state index in [1.54, 1.807) is 21.7 Å². The molecular formula is C14H27N3O6. The minimum atomic E-state index is -0.967. The Morgan fingerprint density at radius 2 is 1.09 bits per heavy atom. The molecular weight excluding hydrogens is 306 g/mol. The maximum absolute atomic E-state index is 10.9. The molecule has 0 spiro atoms. The first kappa shape index (κ1) is 21.3. The molecule has 0 aromatic carbocycles. The van der Waals surface area contributed by atoms with Crippen LogP contribution in [0.25, 0.3) is 0 Å². The zero-order chi connectivity index (χ0) is 17.8. The van der Waals surface area contributed by atoms with Crippen LogP contribution in [0.5, 0.6) is 0 Å². The smallest absolute Gasteiger partial charge is 0.317 e. The van der Waals surface area contributed by atoms with Crippen molar-refractivity contribution in [2.24, 2.45) is 0 Å². The van der Waals surface area contributed by atoms with Gasteiger partial charge in [0, 0.05) is 26.2 Å². The van der Waals surface area contributed by atoms with Crippen molar-refractivity contribution < 1.29 is 29.7 Å². The molecule has 0 radical (unpaired) electrons. The number of aliphatic carboxylic acids is 3. The average molecular weight is 333 g/mol. The fourth-order valence-corrected chi connectivity index (χ4v) is 2.14. The van der Waals surface area contributed by atoms with Gasteiger partial charge >= 0.3 is 17.9 Å². The fraction of sp³-hybridized carbons (Fsp3) is 0.786. The molecule has 0 fully saturated rings. The summed E-state index contributed by atoms with van der Waals surface area (Å²) in [5.74, 6) is -2.82. The molecule has 134 valence electrons. The van der Waals surface area contributed by atoms with Crippen LogP contribution < -0.4 is 0 Å². The SMILES string of the molecule is CCCN(CCN(CCN(C)CC(=O)O)CC(=O)O)CC(=O)O. The fourth-order valence-electron chi connectivity index (χ4n) is 2.14. The molecule has 0 heterocycles. The number of hydrogen-bond donors (Lipinski definition) is 3. The molecule has 23 heavy (non-hydrogen) atoms. The monoisotopic (exact) mass is 333 g/mol. The topological polar surface area (TPSA) is 122 Å². The number of likely N-dealkylation sites (N-methyl/N-ethyl adjacent to an activating group) is 1. The van der Waals surface area contributed by atoms with Crippen LogP contribution in [0.1, 0.15) is 13.3 Å². The Balaban J connectivity index is 4.43.